The molecule has 0 radical (unpaired) electrons. The molecule has 1 rings (SSSR count). The third-order valence-electron chi connectivity index (χ3n) is 3.01. The van der Waals surface area contributed by atoms with E-state index < -0.39 is 0 Å². The summed E-state index contributed by atoms with van der Waals surface area (Å²) in [6.07, 6.45) is 0.854. The maximum Gasteiger partial charge on any atom is 0.146 e. The van der Waals surface area contributed by atoms with Crippen LogP contribution in [0.15, 0.2) is 18.2 Å². The molecule has 0 heterocycles. The van der Waals surface area contributed by atoms with Crippen molar-refractivity contribution < 1.29 is 4.39 Å². The first kappa shape index (κ1) is 15.7. The number of nitrogens with one attached hydrogen (secondary N) is 1. The van der Waals surface area contributed by atoms with Gasteiger partial charge in [0, 0.05) is 24.0 Å². The van der Waals surface area contributed by atoms with Crippen molar-refractivity contribution in [3.63, 3.8) is 0 Å². The van der Waals surface area contributed by atoms with Crippen LogP contribution in [-0.4, -0.2) is 11.9 Å². The van der Waals surface area contributed by atoms with E-state index in [1.807, 2.05) is 0 Å². The summed E-state index contributed by atoms with van der Waals surface area (Å²) in [6, 6.07) is 5.30. The largest absolute Gasteiger partial charge is 0.309 e. The van der Waals surface area contributed by atoms with Crippen molar-refractivity contribution in [1.29, 1.82) is 0 Å². The van der Waals surface area contributed by atoms with Crippen LogP contribution in [0, 0.1) is 11.2 Å². The first-order chi connectivity index (χ1) is 8.36. The average Bonchev–Trinajstić information content (AvgIpc) is 2.28. The average molecular weight is 292 g/mol. The molecule has 0 aliphatic carbocycles. The number of alkyl halides is 1. The zero-order valence-corrected chi connectivity index (χ0v) is 12.6. The standard InChI is InChI=1S/C14H20Cl2FN/c1-14(2,3)12(7-8-15)18-9-10-5-4-6-11(16)13(10)17/h4-6,12,18H,7-9H2,1-3H3. The van der Waals surface area contributed by atoms with Crippen LogP contribution in [0.1, 0.15) is 32.8 Å². The molecule has 102 valence electrons. The van der Waals surface area contributed by atoms with E-state index >= 15 is 0 Å². The van der Waals surface area contributed by atoms with Gasteiger partial charge in [-0.25, -0.2) is 4.39 Å². The van der Waals surface area contributed by atoms with Crippen LogP contribution >= 0.6 is 23.2 Å². The van der Waals surface area contributed by atoms with Crippen LogP contribution in [0.4, 0.5) is 4.39 Å². The van der Waals surface area contributed by atoms with Gasteiger partial charge < -0.3 is 5.32 Å². The minimum Gasteiger partial charge on any atom is -0.309 e. The van der Waals surface area contributed by atoms with E-state index in [9.17, 15) is 4.39 Å². The van der Waals surface area contributed by atoms with Crippen molar-refractivity contribution in [2.45, 2.75) is 39.8 Å². The van der Waals surface area contributed by atoms with Crippen molar-refractivity contribution in [3.8, 4) is 0 Å². The summed E-state index contributed by atoms with van der Waals surface area (Å²) in [4.78, 5) is 0. The molecule has 0 fully saturated rings. The minimum atomic E-state index is -0.342. The van der Waals surface area contributed by atoms with Crippen molar-refractivity contribution >= 4 is 23.2 Å². The van der Waals surface area contributed by atoms with Gasteiger partial charge in [0.05, 0.1) is 5.02 Å². The Morgan fingerprint density at radius 3 is 2.56 bits per heavy atom. The molecule has 1 aromatic rings. The van der Waals surface area contributed by atoms with Gasteiger partial charge in [-0.2, -0.15) is 0 Å². The molecule has 1 aromatic carbocycles. The number of rotatable bonds is 5. The SMILES string of the molecule is CC(C)(C)C(CCCl)NCc1cccc(Cl)c1F. The lowest BCUT2D eigenvalue weighted by molar-refractivity contribution is 0.259. The molecule has 0 saturated carbocycles. The van der Waals surface area contributed by atoms with Crippen LogP contribution in [0.25, 0.3) is 0 Å². The highest BCUT2D eigenvalue weighted by Crippen LogP contribution is 2.23. The fraction of sp³-hybridized carbons (Fsp3) is 0.571. The summed E-state index contributed by atoms with van der Waals surface area (Å²) >= 11 is 11.6. The Morgan fingerprint density at radius 2 is 2.00 bits per heavy atom. The predicted molar refractivity (Wildman–Crippen MR) is 76.8 cm³/mol. The van der Waals surface area contributed by atoms with Gasteiger partial charge in [0.25, 0.3) is 0 Å². The van der Waals surface area contributed by atoms with E-state index in [0.29, 0.717) is 18.0 Å². The van der Waals surface area contributed by atoms with Gasteiger partial charge in [0.15, 0.2) is 0 Å². The zero-order chi connectivity index (χ0) is 13.8. The maximum atomic E-state index is 13.7. The molecule has 0 bridgehead atoms. The van der Waals surface area contributed by atoms with Crippen LogP contribution in [0.2, 0.25) is 5.02 Å². The Kier molecular flexibility index (Phi) is 5.90. The molecule has 0 spiro atoms. The molecular formula is C14H20Cl2FN. The third-order valence-corrected chi connectivity index (χ3v) is 3.52. The molecule has 1 N–H and O–H groups in total. The molecule has 0 saturated heterocycles. The van der Waals surface area contributed by atoms with Crippen LogP contribution in [0.3, 0.4) is 0 Å². The number of hydrogen-bond donors (Lipinski definition) is 1. The summed E-state index contributed by atoms with van der Waals surface area (Å²) in [5.41, 5.74) is 0.676. The lowest BCUT2D eigenvalue weighted by atomic mass is 9.85. The van der Waals surface area contributed by atoms with Crippen molar-refractivity contribution in [1.82, 2.24) is 5.32 Å². The number of halogens is 3. The molecule has 0 aliphatic rings. The number of hydrogen-bond acceptors (Lipinski definition) is 1. The summed E-state index contributed by atoms with van der Waals surface area (Å²) < 4.78 is 13.7. The lowest BCUT2D eigenvalue weighted by Gasteiger charge is -2.31. The molecule has 0 aromatic heterocycles. The second-order valence-corrected chi connectivity index (χ2v) is 6.28. The second-order valence-electron chi connectivity index (χ2n) is 5.49. The molecule has 4 heteroatoms. The summed E-state index contributed by atoms with van der Waals surface area (Å²) in [5.74, 6) is 0.248. The van der Waals surface area contributed by atoms with E-state index in [1.165, 1.54) is 0 Å². The Bertz CT molecular complexity index is 388. The van der Waals surface area contributed by atoms with Gasteiger partial charge in [0.1, 0.15) is 5.82 Å². The maximum absolute atomic E-state index is 13.7. The topological polar surface area (TPSA) is 12.0 Å². The van der Waals surface area contributed by atoms with E-state index in [2.05, 4.69) is 26.1 Å². The molecule has 0 amide bonds. The highest BCUT2D eigenvalue weighted by molar-refractivity contribution is 6.30. The fourth-order valence-electron chi connectivity index (χ4n) is 1.87. The van der Waals surface area contributed by atoms with E-state index in [-0.39, 0.29) is 22.3 Å². The van der Waals surface area contributed by atoms with Gasteiger partial charge in [-0.15, -0.1) is 11.6 Å². The van der Waals surface area contributed by atoms with E-state index in [0.717, 1.165) is 6.42 Å². The Morgan fingerprint density at radius 1 is 1.33 bits per heavy atom. The molecular weight excluding hydrogens is 272 g/mol. The number of benzene rings is 1. The minimum absolute atomic E-state index is 0.0872. The lowest BCUT2D eigenvalue weighted by Crippen LogP contribution is -2.40. The summed E-state index contributed by atoms with van der Waals surface area (Å²) in [7, 11) is 0. The van der Waals surface area contributed by atoms with Crippen LogP contribution in [-0.2, 0) is 6.54 Å². The van der Waals surface area contributed by atoms with Crippen molar-refractivity contribution in [3.05, 3.63) is 34.6 Å². The Balaban J connectivity index is 2.70. The van der Waals surface area contributed by atoms with Crippen LogP contribution in [0.5, 0.6) is 0 Å². The fourth-order valence-corrected chi connectivity index (χ4v) is 2.28. The second kappa shape index (κ2) is 6.74. The van der Waals surface area contributed by atoms with E-state index in [4.69, 9.17) is 23.2 Å². The first-order valence-electron chi connectivity index (χ1n) is 6.08. The Labute approximate surface area is 119 Å². The van der Waals surface area contributed by atoms with Crippen LogP contribution < -0.4 is 5.32 Å². The monoisotopic (exact) mass is 291 g/mol. The molecule has 18 heavy (non-hydrogen) atoms. The van der Waals surface area contributed by atoms with Crippen molar-refractivity contribution in [2.75, 3.05) is 5.88 Å². The van der Waals surface area contributed by atoms with E-state index in [1.54, 1.807) is 18.2 Å². The molecule has 1 nitrogen and oxygen atoms in total. The Hall–Kier alpha value is -0.310. The summed E-state index contributed by atoms with van der Waals surface area (Å²) in [6.45, 7) is 6.90. The highest BCUT2D eigenvalue weighted by atomic mass is 35.5. The van der Waals surface area contributed by atoms with Crippen molar-refractivity contribution in [2.24, 2.45) is 5.41 Å². The van der Waals surface area contributed by atoms with Gasteiger partial charge in [0.2, 0.25) is 0 Å². The third kappa shape index (κ3) is 4.42. The molecule has 1 unspecified atom stereocenters. The normalized spacial score (nSPS) is 13.7. The predicted octanol–water partition coefficient (Wildman–Crippen LogP) is 4.61. The first-order valence-corrected chi connectivity index (χ1v) is 6.99. The zero-order valence-electron chi connectivity index (χ0n) is 11.1. The summed E-state index contributed by atoms with van der Waals surface area (Å²) in [5, 5.41) is 3.53. The van der Waals surface area contributed by atoms with Gasteiger partial charge in [-0.05, 0) is 17.9 Å². The quantitative estimate of drug-likeness (QED) is 0.781. The van der Waals surface area contributed by atoms with Gasteiger partial charge >= 0.3 is 0 Å². The van der Waals surface area contributed by atoms with Gasteiger partial charge in [-0.1, -0.05) is 44.5 Å². The highest BCUT2D eigenvalue weighted by Gasteiger charge is 2.23. The molecule has 0 aliphatic heterocycles. The van der Waals surface area contributed by atoms with Gasteiger partial charge in [-0.3, -0.25) is 0 Å². The molecule has 1 atom stereocenters. The smallest absolute Gasteiger partial charge is 0.146 e.